The van der Waals surface area contributed by atoms with Crippen LogP contribution in [0, 0.1) is 17.8 Å². The molecule has 0 aromatic heterocycles. The van der Waals surface area contributed by atoms with Crippen LogP contribution in [0.15, 0.2) is 18.2 Å². The monoisotopic (exact) mass is 524 g/mol. The number of nitrogens with two attached hydrogens (primary N) is 1. The number of fused-ring (bicyclic) bond motifs is 1. The highest BCUT2D eigenvalue weighted by atomic mass is 16.5. The summed E-state index contributed by atoms with van der Waals surface area (Å²) in [7, 11) is 0. The summed E-state index contributed by atoms with van der Waals surface area (Å²) in [5.41, 5.74) is 8.09. The summed E-state index contributed by atoms with van der Waals surface area (Å²) in [5, 5.41) is 0. The predicted molar refractivity (Wildman–Crippen MR) is 147 cm³/mol. The third kappa shape index (κ3) is 5.09. The number of nitrogens with zero attached hydrogens (tertiary/aromatic N) is 3. The smallest absolute Gasteiger partial charge is 0.249 e. The second-order valence-corrected chi connectivity index (χ2v) is 12.1. The summed E-state index contributed by atoms with van der Waals surface area (Å²) in [6.45, 7) is 12.0. The van der Waals surface area contributed by atoms with E-state index in [1.54, 1.807) is 4.90 Å². The molecule has 4 aliphatic rings. The lowest BCUT2D eigenvalue weighted by Crippen LogP contribution is -2.47. The van der Waals surface area contributed by atoms with Crippen molar-refractivity contribution >= 4 is 23.3 Å². The SMILES string of the molecule is CCCN1CCN(c2ccc(C(N)=O)c([C@@H](C(=O)N3C[C@@H](C(C)C)[C@H]4OCC(=O)[C@H]43)C3CCCC3)c2)CC1. The standard InChI is InChI=1S/C30H44N4O4/c1-4-11-32-12-14-33(15-13-32)21-9-10-22(29(31)36)23(16-21)26(20-7-5-6-8-20)30(37)34-17-24(19(2)3)28-27(34)25(35)18-38-28/h9-10,16,19-20,24,26-28H,4-8,11-15,17-18H2,1-3H3,(H2,31,36)/t24-,26-,27+,28+/m0/s1. The van der Waals surface area contributed by atoms with Crippen LogP contribution in [0.5, 0.6) is 0 Å². The van der Waals surface area contributed by atoms with Crippen molar-refractivity contribution in [2.75, 3.05) is 50.8 Å². The maximum absolute atomic E-state index is 14.5. The number of Topliss-reactive ketones (excluding diaryl/α,β-unsaturated/α-hetero) is 1. The first-order chi connectivity index (χ1) is 18.3. The number of piperazine rings is 1. The van der Waals surface area contributed by atoms with Crippen LogP contribution in [0.4, 0.5) is 5.69 Å². The zero-order chi connectivity index (χ0) is 27.0. The molecule has 2 amide bonds. The normalized spacial score (nSPS) is 27.4. The average molecular weight is 525 g/mol. The van der Waals surface area contributed by atoms with Gasteiger partial charge in [-0.1, -0.05) is 33.6 Å². The molecule has 0 unspecified atom stereocenters. The minimum absolute atomic E-state index is 0.00880. The number of anilines is 1. The third-order valence-corrected chi connectivity index (χ3v) is 9.41. The molecule has 3 aliphatic heterocycles. The van der Waals surface area contributed by atoms with E-state index >= 15 is 0 Å². The third-order valence-electron chi connectivity index (χ3n) is 9.41. The molecule has 38 heavy (non-hydrogen) atoms. The van der Waals surface area contributed by atoms with Gasteiger partial charge >= 0.3 is 0 Å². The van der Waals surface area contributed by atoms with E-state index in [1.807, 2.05) is 12.1 Å². The van der Waals surface area contributed by atoms with Crippen LogP contribution in [0.1, 0.15) is 74.7 Å². The number of rotatable bonds is 8. The van der Waals surface area contributed by atoms with E-state index in [-0.39, 0.29) is 36.2 Å². The number of amides is 2. The summed E-state index contributed by atoms with van der Waals surface area (Å²) in [4.78, 5) is 46.7. The molecule has 0 radical (unpaired) electrons. The maximum Gasteiger partial charge on any atom is 0.249 e. The summed E-state index contributed by atoms with van der Waals surface area (Å²) in [5.74, 6) is -0.484. The van der Waals surface area contributed by atoms with E-state index in [1.165, 1.54) is 0 Å². The Bertz CT molecular complexity index is 1040. The molecule has 208 valence electrons. The predicted octanol–water partition coefficient (Wildman–Crippen LogP) is 3.04. The molecule has 5 rings (SSSR count). The average Bonchev–Trinajstić information content (AvgIpc) is 3.64. The summed E-state index contributed by atoms with van der Waals surface area (Å²) >= 11 is 0. The van der Waals surface area contributed by atoms with Crippen molar-refractivity contribution in [2.24, 2.45) is 23.5 Å². The van der Waals surface area contributed by atoms with Gasteiger partial charge in [0.1, 0.15) is 12.6 Å². The second-order valence-electron chi connectivity index (χ2n) is 12.1. The highest BCUT2D eigenvalue weighted by Gasteiger charge is 2.54. The molecule has 2 N–H and O–H groups in total. The lowest BCUT2D eigenvalue weighted by molar-refractivity contribution is -0.138. The number of hydrogen-bond donors (Lipinski definition) is 1. The van der Waals surface area contributed by atoms with Gasteiger partial charge in [0.15, 0.2) is 5.78 Å². The number of ether oxygens (including phenoxy) is 1. The molecular weight excluding hydrogens is 480 g/mol. The van der Waals surface area contributed by atoms with Crippen LogP contribution in [0.3, 0.4) is 0 Å². The molecular formula is C30H44N4O4. The fourth-order valence-corrected chi connectivity index (χ4v) is 7.34. The lowest BCUT2D eigenvalue weighted by atomic mass is 9.80. The van der Waals surface area contributed by atoms with E-state index in [4.69, 9.17) is 10.5 Å². The lowest BCUT2D eigenvalue weighted by Gasteiger charge is -2.37. The molecule has 3 saturated heterocycles. The number of ketones is 1. The van der Waals surface area contributed by atoms with E-state index in [9.17, 15) is 14.4 Å². The van der Waals surface area contributed by atoms with Gasteiger partial charge in [-0.05, 0) is 61.4 Å². The Hall–Kier alpha value is -2.45. The zero-order valence-electron chi connectivity index (χ0n) is 23.2. The Labute approximate surface area is 226 Å². The number of hydrogen-bond acceptors (Lipinski definition) is 6. The number of benzene rings is 1. The maximum atomic E-state index is 14.5. The number of likely N-dealkylation sites (tertiary alicyclic amines) is 1. The van der Waals surface area contributed by atoms with Crippen LogP contribution < -0.4 is 10.6 Å². The van der Waals surface area contributed by atoms with Crippen LogP contribution in [-0.2, 0) is 14.3 Å². The molecule has 0 bridgehead atoms. The Balaban J connectivity index is 1.50. The van der Waals surface area contributed by atoms with Gasteiger partial charge in [0, 0.05) is 49.9 Å². The largest absolute Gasteiger partial charge is 0.369 e. The molecule has 1 saturated carbocycles. The van der Waals surface area contributed by atoms with Crippen LogP contribution in [-0.4, -0.2) is 85.4 Å². The number of primary amides is 1. The summed E-state index contributed by atoms with van der Waals surface area (Å²) < 4.78 is 5.91. The summed E-state index contributed by atoms with van der Waals surface area (Å²) in [6.07, 6.45) is 4.93. The van der Waals surface area contributed by atoms with Gasteiger partial charge in [-0.25, -0.2) is 0 Å². The number of carbonyl (C=O) groups is 3. The minimum atomic E-state index is -0.523. The molecule has 1 aromatic rings. The molecule has 8 nitrogen and oxygen atoms in total. The van der Waals surface area contributed by atoms with E-state index in [2.05, 4.69) is 36.6 Å². The molecule has 1 aromatic carbocycles. The van der Waals surface area contributed by atoms with Crippen molar-refractivity contribution in [1.82, 2.24) is 9.80 Å². The van der Waals surface area contributed by atoms with Crippen LogP contribution in [0.25, 0.3) is 0 Å². The van der Waals surface area contributed by atoms with E-state index in [0.29, 0.717) is 18.0 Å². The van der Waals surface area contributed by atoms with Gasteiger partial charge in [0.25, 0.3) is 0 Å². The minimum Gasteiger partial charge on any atom is -0.369 e. The molecule has 0 spiro atoms. The fourth-order valence-electron chi connectivity index (χ4n) is 7.34. The Kier molecular flexibility index (Phi) is 8.10. The molecule has 4 atom stereocenters. The van der Waals surface area contributed by atoms with Crippen molar-refractivity contribution in [3.8, 4) is 0 Å². The van der Waals surface area contributed by atoms with Crippen molar-refractivity contribution in [3.05, 3.63) is 29.3 Å². The van der Waals surface area contributed by atoms with E-state index < -0.39 is 17.9 Å². The first kappa shape index (κ1) is 27.1. The quantitative estimate of drug-likeness (QED) is 0.562. The Morgan fingerprint density at radius 1 is 1.11 bits per heavy atom. The van der Waals surface area contributed by atoms with Gasteiger partial charge in [0.05, 0.1) is 12.0 Å². The second kappa shape index (κ2) is 11.3. The first-order valence-electron chi connectivity index (χ1n) is 14.7. The van der Waals surface area contributed by atoms with Gasteiger partial charge < -0.3 is 20.3 Å². The molecule has 1 aliphatic carbocycles. The van der Waals surface area contributed by atoms with Crippen molar-refractivity contribution in [3.63, 3.8) is 0 Å². The van der Waals surface area contributed by atoms with Crippen molar-refractivity contribution in [2.45, 2.75) is 70.9 Å². The Morgan fingerprint density at radius 3 is 2.45 bits per heavy atom. The highest BCUT2D eigenvalue weighted by Crippen LogP contribution is 2.44. The summed E-state index contributed by atoms with van der Waals surface area (Å²) in [6, 6.07) is 5.32. The first-order valence-corrected chi connectivity index (χ1v) is 14.7. The molecule has 8 heteroatoms. The molecule has 4 fully saturated rings. The molecule has 3 heterocycles. The highest BCUT2D eigenvalue weighted by molar-refractivity contribution is 5.99. The topological polar surface area (TPSA) is 96.2 Å². The van der Waals surface area contributed by atoms with E-state index in [0.717, 1.165) is 76.1 Å². The van der Waals surface area contributed by atoms with Gasteiger partial charge in [0.2, 0.25) is 11.8 Å². The van der Waals surface area contributed by atoms with Gasteiger partial charge in [-0.2, -0.15) is 0 Å². The zero-order valence-corrected chi connectivity index (χ0v) is 23.2. The van der Waals surface area contributed by atoms with Gasteiger partial charge in [-0.3, -0.25) is 19.3 Å². The number of carbonyl (C=O) groups excluding carboxylic acids is 3. The van der Waals surface area contributed by atoms with Crippen LogP contribution in [0.2, 0.25) is 0 Å². The van der Waals surface area contributed by atoms with Gasteiger partial charge in [-0.15, -0.1) is 0 Å². The van der Waals surface area contributed by atoms with Crippen molar-refractivity contribution in [1.29, 1.82) is 0 Å². The van der Waals surface area contributed by atoms with Crippen molar-refractivity contribution < 1.29 is 19.1 Å². The fraction of sp³-hybridized carbons (Fsp3) is 0.700. The Morgan fingerprint density at radius 2 is 1.82 bits per heavy atom. The van der Waals surface area contributed by atoms with Crippen LogP contribution >= 0.6 is 0 Å².